The molecule has 0 aromatic carbocycles. The molecule has 0 fully saturated rings. The second kappa shape index (κ2) is 7.09. The Kier molecular flexibility index (Phi) is 5.72. The number of nitrogens with zero attached hydrogens (tertiary/aromatic N) is 1. The molecule has 0 spiro atoms. The van der Waals surface area contributed by atoms with E-state index >= 15 is 0 Å². The Hall–Kier alpha value is -1.33. The Morgan fingerprint density at radius 2 is 2.24 bits per heavy atom. The van der Waals surface area contributed by atoms with Gasteiger partial charge in [0.25, 0.3) is 0 Å². The molecule has 1 aromatic rings. The van der Waals surface area contributed by atoms with Gasteiger partial charge in [0, 0.05) is 0 Å². The predicted molar refractivity (Wildman–Crippen MR) is 64.9 cm³/mol. The Morgan fingerprint density at radius 1 is 1.47 bits per heavy atom. The molecule has 5 heteroatoms. The van der Waals surface area contributed by atoms with Gasteiger partial charge in [-0.2, -0.15) is 0 Å². The van der Waals surface area contributed by atoms with Crippen LogP contribution in [0.5, 0.6) is 0 Å². The average Bonchev–Trinajstić information content (AvgIpc) is 2.76. The lowest BCUT2D eigenvalue weighted by atomic mass is 10.4. The first-order chi connectivity index (χ1) is 8.13. The number of furan rings is 1. The van der Waals surface area contributed by atoms with Crippen LogP contribution < -0.4 is 5.32 Å². The number of hydrogen-bond donors (Lipinski definition) is 1. The van der Waals surface area contributed by atoms with Crippen molar-refractivity contribution in [2.24, 2.45) is 0 Å². The largest absolute Gasteiger partial charge is 0.463 e. The Bertz CT molecular complexity index is 347. The van der Waals surface area contributed by atoms with E-state index in [0.717, 1.165) is 25.3 Å². The van der Waals surface area contributed by atoms with E-state index in [0.29, 0.717) is 6.54 Å². The molecule has 0 aliphatic carbocycles. The van der Waals surface area contributed by atoms with Crippen LogP contribution in [0, 0.1) is 0 Å². The summed E-state index contributed by atoms with van der Waals surface area (Å²) in [5, 5.41) is 3.25. The highest BCUT2D eigenvalue weighted by atomic mass is 16.5. The number of hydrogen-bond acceptors (Lipinski definition) is 5. The molecule has 96 valence electrons. The van der Waals surface area contributed by atoms with Crippen LogP contribution in [0.25, 0.3) is 0 Å². The summed E-state index contributed by atoms with van der Waals surface area (Å²) >= 11 is 0. The van der Waals surface area contributed by atoms with E-state index in [1.807, 2.05) is 0 Å². The van der Waals surface area contributed by atoms with E-state index in [2.05, 4.69) is 29.0 Å². The standard InChI is InChI=1S/C12H20N2O3/c1-14(2)8-4-7-13-9-10-5-6-11(17-10)12(15)16-3/h5-6,13H,4,7-9H2,1-3H3. The van der Waals surface area contributed by atoms with E-state index in [4.69, 9.17) is 4.42 Å². The summed E-state index contributed by atoms with van der Waals surface area (Å²) in [4.78, 5) is 13.3. The first-order valence-electron chi connectivity index (χ1n) is 5.66. The van der Waals surface area contributed by atoms with Crippen LogP contribution in [0.2, 0.25) is 0 Å². The first-order valence-corrected chi connectivity index (χ1v) is 5.66. The number of carbonyl (C=O) groups is 1. The molecule has 0 saturated heterocycles. The van der Waals surface area contributed by atoms with Gasteiger partial charge in [-0.25, -0.2) is 4.79 Å². The zero-order chi connectivity index (χ0) is 12.7. The van der Waals surface area contributed by atoms with Crippen molar-refractivity contribution >= 4 is 5.97 Å². The van der Waals surface area contributed by atoms with Crippen LogP contribution in [0.3, 0.4) is 0 Å². The second-order valence-corrected chi connectivity index (χ2v) is 4.09. The summed E-state index contributed by atoms with van der Waals surface area (Å²) in [6, 6.07) is 3.41. The van der Waals surface area contributed by atoms with Crippen LogP contribution in [-0.2, 0) is 11.3 Å². The molecule has 0 unspecified atom stereocenters. The number of nitrogens with one attached hydrogen (secondary N) is 1. The van der Waals surface area contributed by atoms with Crippen molar-refractivity contribution < 1.29 is 13.9 Å². The third-order valence-electron chi connectivity index (χ3n) is 2.31. The average molecular weight is 240 g/mol. The highest BCUT2D eigenvalue weighted by molar-refractivity contribution is 5.86. The molecule has 0 aliphatic heterocycles. The minimum Gasteiger partial charge on any atom is -0.463 e. The maximum atomic E-state index is 11.1. The van der Waals surface area contributed by atoms with Crippen LogP contribution in [0.1, 0.15) is 22.7 Å². The zero-order valence-electron chi connectivity index (χ0n) is 10.7. The maximum absolute atomic E-state index is 11.1. The summed E-state index contributed by atoms with van der Waals surface area (Å²) < 4.78 is 9.88. The summed E-state index contributed by atoms with van der Waals surface area (Å²) in [7, 11) is 5.44. The molecule has 5 nitrogen and oxygen atoms in total. The molecule has 0 bridgehead atoms. The number of rotatable bonds is 7. The van der Waals surface area contributed by atoms with E-state index in [1.165, 1.54) is 7.11 Å². The molecular weight excluding hydrogens is 220 g/mol. The van der Waals surface area contributed by atoms with Gasteiger partial charge < -0.3 is 19.4 Å². The molecule has 0 amide bonds. The topological polar surface area (TPSA) is 54.7 Å². The van der Waals surface area contributed by atoms with Gasteiger partial charge in [-0.15, -0.1) is 0 Å². The molecule has 1 aromatic heterocycles. The van der Waals surface area contributed by atoms with E-state index in [9.17, 15) is 4.79 Å². The number of carbonyl (C=O) groups excluding carboxylic acids is 1. The van der Waals surface area contributed by atoms with Gasteiger partial charge in [-0.3, -0.25) is 0 Å². The quantitative estimate of drug-likeness (QED) is 0.571. The summed E-state index contributed by atoms with van der Waals surface area (Å²) in [6.07, 6.45) is 1.08. The first kappa shape index (κ1) is 13.7. The van der Waals surface area contributed by atoms with Crippen molar-refractivity contribution in [3.63, 3.8) is 0 Å². The molecule has 1 N–H and O–H groups in total. The van der Waals surface area contributed by atoms with Gasteiger partial charge in [0.1, 0.15) is 5.76 Å². The summed E-state index contributed by atoms with van der Waals surface area (Å²) in [5.41, 5.74) is 0. The smallest absolute Gasteiger partial charge is 0.373 e. The van der Waals surface area contributed by atoms with E-state index in [1.54, 1.807) is 12.1 Å². The summed E-state index contributed by atoms with van der Waals surface area (Å²) in [5.74, 6) is 0.553. The number of methoxy groups -OCH3 is 1. The molecule has 0 aliphatic rings. The van der Waals surface area contributed by atoms with Crippen molar-refractivity contribution in [2.75, 3.05) is 34.3 Å². The van der Waals surface area contributed by atoms with Crippen molar-refractivity contribution in [2.45, 2.75) is 13.0 Å². The van der Waals surface area contributed by atoms with E-state index in [-0.39, 0.29) is 5.76 Å². The van der Waals surface area contributed by atoms with Crippen LogP contribution in [-0.4, -0.2) is 45.2 Å². The van der Waals surface area contributed by atoms with Crippen molar-refractivity contribution in [3.05, 3.63) is 23.7 Å². The Morgan fingerprint density at radius 3 is 2.88 bits per heavy atom. The van der Waals surface area contributed by atoms with Gasteiger partial charge in [0.2, 0.25) is 5.76 Å². The van der Waals surface area contributed by atoms with Crippen molar-refractivity contribution in [1.82, 2.24) is 10.2 Å². The van der Waals surface area contributed by atoms with Gasteiger partial charge in [-0.05, 0) is 45.7 Å². The van der Waals surface area contributed by atoms with Crippen LogP contribution >= 0.6 is 0 Å². The fraction of sp³-hybridized carbons (Fsp3) is 0.583. The van der Waals surface area contributed by atoms with Crippen LogP contribution in [0.4, 0.5) is 0 Å². The number of esters is 1. The molecular formula is C12H20N2O3. The Balaban J connectivity index is 2.23. The van der Waals surface area contributed by atoms with E-state index < -0.39 is 5.97 Å². The summed E-state index contributed by atoms with van der Waals surface area (Å²) in [6.45, 7) is 2.61. The minimum absolute atomic E-state index is 0.248. The minimum atomic E-state index is -0.441. The highest BCUT2D eigenvalue weighted by Crippen LogP contribution is 2.08. The molecule has 0 saturated carbocycles. The number of ether oxygens (including phenoxy) is 1. The lowest BCUT2D eigenvalue weighted by Gasteiger charge is -2.08. The Labute approximate surface area is 102 Å². The van der Waals surface area contributed by atoms with Crippen molar-refractivity contribution in [1.29, 1.82) is 0 Å². The molecule has 1 rings (SSSR count). The van der Waals surface area contributed by atoms with Gasteiger partial charge in [-0.1, -0.05) is 0 Å². The third-order valence-corrected chi connectivity index (χ3v) is 2.31. The lowest BCUT2D eigenvalue weighted by molar-refractivity contribution is 0.0563. The predicted octanol–water partition coefficient (Wildman–Crippen LogP) is 1.11. The zero-order valence-corrected chi connectivity index (χ0v) is 10.7. The van der Waals surface area contributed by atoms with Crippen molar-refractivity contribution in [3.8, 4) is 0 Å². The normalized spacial score (nSPS) is 10.8. The van der Waals surface area contributed by atoms with Crippen LogP contribution in [0.15, 0.2) is 16.5 Å². The highest BCUT2D eigenvalue weighted by Gasteiger charge is 2.10. The maximum Gasteiger partial charge on any atom is 0.373 e. The van der Waals surface area contributed by atoms with Gasteiger partial charge >= 0.3 is 5.97 Å². The molecule has 1 heterocycles. The lowest BCUT2D eigenvalue weighted by Crippen LogP contribution is -2.20. The van der Waals surface area contributed by atoms with Gasteiger partial charge in [0.05, 0.1) is 13.7 Å². The fourth-order valence-electron chi connectivity index (χ4n) is 1.42. The molecule has 0 radical (unpaired) electrons. The van der Waals surface area contributed by atoms with Gasteiger partial charge in [0.15, 0.2) is 0 Å². The SMILES string of the molecule is COC(=O)c1ccc(CNCCCN(C)C)o1. The second-order valence-electron chi connectivity index (χ2n) is 4.09. The molecule has 0 atom stereocenters. The third kappa shape index (κ3) is 5.01. The monoisotopic (exact) mass is 240 g/mol. The molecule has 17 heavy (non-hydrogen) atoms. The fourth-order valence-corrected chi connectivity index (χ4v) is 1.42.